The van der Waals surface area contributed by atoms with Crippen LogP contribution in [0.3, 0.4) is 0 Å². The fourth-order valence-corrected chi connectivity index (χ4v) is 3.67. The predicted molar refractivity (Wildman–Crippen MR) is 108 cm³/mol. The number of H-pyrrole nitrogens is 1. The highest BCUT2D eigenvalue weighted by Crippen LogP contribution is 2.25. The standard InChI is InChI=1S/C21H27N5O/c1-15-5-6-20-16(10-15)11-17(12-22-13-19-4-3-9-27-19)21(24-20)26(2)14-18-7-8-23-25-18/h5-8,10-11,19,22H,3-4,9,12-14H2,1-2H3,(H,23,25)/t19-/m1/s1. The molecule has 3 heterocycles. The predicted octanol–water partition coefficient (Wildman–Crippen LogP) is 3.17. The van der Waals surface area contributed by atoms with Crippen molar-refractivity contribution < 1.29 is 4.74 Å². The lowest BCUT2D eigenvalue weighted by molar-refractivity contribution is 0.110. The molecule has 0 saturated carbocycles. The minimum Gasteiger partial charge on any atom is -0.377 e. The van der Waals surface area contributed by atoms with Crippen molar-refractivity contribution in [2.45, 2.75) is 39.0 Å². The van der Waals surface area contributed by atoms with Crippen molar-refractivity contribution in [2.75, 3.05) is 25.1 Å². The third kappa shape index (κ3) is 4.28. The van der Waals surface area contributed by atoms with E-state index in [4.69, 9.17) is 9.72 Å². The minimum atomic E-state index is 0.340. The molecule has 27 heavy (non-hydrogen) atoms. The molecule has 0 bridgehead atoms. The van der Waals surface area contributed by atoms with Crippen molar-refractivity contribution in [1.29, 1.82) is 0 Å². The number of anilines is 1. The number of rotatable bonds is 7. The van der Waals surface area contributed by atoms with Gasteiger partial charge in [0.2, 0.25) is 0 Å². The number of aryl methyl sites for hydroxylation is 1. The summed E-state index contributed by atoms with van der Waals surface area (Å²) in [6, 6.07) is 10.7. The number of benzene rings is 1. The number of ether oxygens (including phenoxy) is 1. The van der Waals surface area contributed by atoms with Gasteiger partial charge >= 0.3 is 0 Å². The molecule has 142 valence electrons. The normalized spacial score (nSPS) is 16.9. The summed E-state index contributed by atoms with van der Waals surface area (Å²) in [6.07, 6.45) is 4.44. The molecule has 1 aliphatic rings. The Morgan fingerprint density at radius 2 is 2.22 bits per heavy atom. The van der Waals surface area contributed by atoms with Crippen LogP contribution in [0.4, 0.5) is 5.82 Å². The van der Waals surface area contributed by atoms with Gasteiger partial charge in [-0.05, 0) is 44.0 Å². The van der Waals surface area contributed by atoms with E-state index in [0.717, 1.165) is 49.7 Å². The maximum Gasteiger partial charge on any atom is 0.133 e. The molecular weight excluding hydrogens is 338 g/mol. The van der Waals surface area contributed by atoms with Crippen molar-refractivity contribution in [2.24, 2.45) is 0 Å². The molecule has 1 aliphatic heterocycles. The quantitative estimate of drug-likeness (QED) is 0.673. The van der Waals surface area contributed by atoms with E-state index < -0.39 is 0 Å². The van der Waals surface area contributed by atoms with Gasteiger partial charge in [0.05, 0.1) is 23.9 Å². The monoisotopic (exact) mass is 365 g/mol. The molecule has 3 aromatic rings. The Kier molecular flexibility index (Phi) is 5.36. The fourth-order valence-electron chi connectivity index (χ4n) is 3.67. The van der Waals surface area contributed by atoms with Gasteiger partial charge in [0.25, 0.3) is 0 Å². The fraction of sp³-hybridized carbons (Fsp3) is 0.429. The molecule has 2 aromatic heterocycles. The summed E-state index contributed by atoms with van der Waals surface area (Å²) < 4.78 is 5.73. The average molecular weight is 365 g/mol. The van der Waals surface area contributed by atoms with Crippen LogP contribution in [0.15, 0.2) is 36.5 Å². The molecule has 1 atom stereocenters. The molecule has 6 nitrogen and oxygen atoms in total. The number of nitrogens with zero attached hydrogens (tertiary/aromatic N) is 3. The second kappa shape index (κ2) is 8.06. The molecule has 0 radical (unpaired) electrons. The van der Waals surface area contributed by atoms with E-state index in [9.17, 15) is 0 Å². The first-order chi connectivity index (χ1) is 13.2. The number of nitrogens with one attached hydrogen (secondary N) is 2. The number of pyridine rings is 1. The summed E-state index contributed by atoms with van der Waals surface area (Å²) in [4.78, 5) is 7.14. The van der Waals surface area contributed by atoms with Crippen molar-refractivity contribution >= 4 is 16.7 Å². The molecule has 0 amide bonds. The van der Waals surface area contributed by atoms with Crippen LogP contribution in [0.1, 0.15) is 29.7 Å². The number of fused-ring (bicyclic) bond motifs is 1. The Labute approximate surface area is 159 Å². The number of hydrogen-bond donors (Lipinski definition) is 2. The van der Waals surface area contributed by atoms with Gasteiger partial charge in [-0.15, -0.1) is 0 Å². The van der Waals surface area contributed by atoms with E-state index in [0.29, 0.717) is 6.10 Å². The van der Waals surface area contributed by atoms with E-state index in [1.807, 2.05) is 6.07 Å². The zero-order chi connectivity index (χ0) is 18.6. The van der Waals surface area contributed by atoms with Crippen LogP contribution in [-0.4, -0.2) is 41.5 Å². The first kappa shape index (κ1) is 17.9. The second-order valence-corrected chi connectivity index (χ2v) is 7.37. The number of aromatic amines is 1. The topological polar surface area (TPSA) is 66.1 Å². The summed E-state index contributed by atoms with van der Waals surface area (Å²) >= 11 is 0. The molecule has 4 rings (SSSR count). The zero-order valence-corrected chi connectivity index (χ0v) is 16.0. The molecule has 6 heteroatoms. The van der Waals surface area contributed by atoms with Crippen LogP contribution >= 0.6 is 0 Å². The summed E-state index contributed by atoms with van der Waals surface area (Å²) in [7, 11) is 2.08. The van der Waals surface area contributed by atoms with E-state index in [-0.39, 0.29) is 0 Å². The average Bonchev–Trinajstić information content (AvgIpc) is 3.35. The Bertz CT molecular complexity index is 887. The lowest BCUT2D eigenvalue weighted by Gasteiger charge is -2.22. The van der Waals surface area contributed by atoms with Gasteiger partial charge in [0.15, 0.2) is 0 Å². The van der Waals surface area contributed by atoms with Crippen LogP contribution in [0.25, 0.3) is 10.9 Å². The van der Waals surface area contributed by atoms with Crippen LogP contribution in [0.2, 0.25) is 0 Å². The second-order valence-electron chi connectivity index (χ2n) is 7.37. The molecule has 0 aliphatic carbocycles. The van der Waals surface area contributed by atoms with Crippen molar-refractivity contribution in [3.8, 4) is 0 Å². The first-order valence-corrected chi connectivity index (χ1v) is 9.61. The number of aromatic nitrogens is 3. The summed E-state index contributed by atoms with van der Waals surface area (Å²) in [5.41, 5.74) is 4.55. The van der Waals surface area contributed by atoms with Crippen molar-refractivity contribution in [3.63, 3.8) is 0 Å². The lowest BCUT2D eigenvalue weighted by Crippen LogP contribution is -2.27. The van der Waals surface area contributed by atoms with E-state index in [1.165, 1.54) is 22.9 Å². The largest absolute Gasteiger partial charge is 0.377 e. The number of hydrogen-bond acceptors (Lipinski definition) is 5. The molecule has 0 unspecified atom stereocenters. The molecular formula is C21H27N5O. The first-order valence-electron chi connectivity index (χ1n) is 9.61. The van der Waals surface area contributed by atoms with E-state index >= 15 is 0 Å². The van der Waals surface area contributed by atoms with Gasteiger partial charge in [0.1, 0.15) is 5.82 Å². The molecule has 2 N–H and O–H groups in total. The Balaban J connectivity index is 1.58. The van der Waals surface area contributed by atoms with Gasteiger partial charge in [-0.1, -0.05) is 11.6 Å². The molecule has 1 aromatic carbocycles. The van der Waals surface area contributed by atoms with Crippen LogP contribution in [0, 0.1) is 6.92 Å². The summed E-state index contributed by atoms with van der Waals surface area (Å²) in [5.74, 6) is 1.00. The molecule has 0 spiro atoms. The highest BCUT2D eigenvalue weighted by Gasteiger charge is 2.16. The zero-order valence-electron chi connectivity index (χ0n) is 16.0. The van der Waals surface area contributed by atoms with Gasteiger partial charge in [-0.2, -0.15) is 5.10 Å². The van der Waals surface area contributed by atoms with Crippen LogP contribution < -0.4 is 10.2 Å². The maximum absolute atomic E-state index is 5.73. The van der Waals surface area contributed by atoms with Gasteiger partial charge in [-0.25, -0.2) is 4.98 Å². The van der Waals surface area contributed by atoms with Gasteiger partial charge in [-0.3, -0.25) is 5.10 Å². The third-order valence-corrected chi connectivity index (χ3v) is 5.07. The van der Waals surface area contributed by atoms with Crippen LogP contribution in [-0.2, 0) is 17.8 Å². The van der Waals surface area contributed by atoms with Gasteiger partial charge < -0.3 is 15.0 Å². The molecule has 1 fully saturated rings. The summed E-state index contributed by atoms with van der Waals surface area (Å²) in [6.45, 7) is 5.41. The SMILES string of the molecule is Cc1ccc2nc(N(C)Cc3ccn[nH]3)c(CNC[C@H]3CCCO3)cc2c1. The molecule has 1 saturated heterocycles. The highest BCUT2D eigenvalue weighted by molar-refractivity contribution is 5.82. The van der Waals surface area contributed by atoms with Crippen LogP contribution in [0.5, 0.6) is 0 Å². The van der Waals surface area contributed by atoms with Crippen molar-refractivity contribution in [3.05, 3.63) is 53.3 Å². The minimum absolute atomic E-state index is 0.340. The Hall–Kier alpha value is -2.44. The summed E-state index contributed by atoms with van der Waals surface area (Å²) in [5, 5.41) is 11.8. The van der Waals surface area contributed by atoms with Gasteiger partial charge in [0, 0.05) is 43.9 Å². The third-order valence-electron chi connectivity index (χ3n) is 5.07. The highest BCUT2D eigenvalue weighted by atomic mass is 16.5. The van der Waals surface area contributed by atoms with E-state index in [1.54, 1.807) is 6.20 Å². The van der Waals surface area contributed by atoms with Crippen molar-refractivity contribution in [1.82, 2.24) is 20.5 Å². The lowest BCUT2D eigenvalue weighted by atomic mass is 10.1. The van der Waals surface area contributed by atoms with E-state index in [2.05, 4.69) is 58.7 Å². The smallest absolute Gasteiger partial charge is 0.133 e. The Morgan fingerprint density at radius 3 is 3.00 bits per heavy atom. The Morgan fingerprint density at radius 1 is 1.30 bits per heavy atom. The maximum atomic E-state index is 5.73.